The molecular formula is C17H30N4O2. The summed E-state index contributed by atoms with van der Waals surface area (Å²) in [6, 6.07) is -0.309. The molecule has 0 aromatic heterocycles. The first-order valence-corrected chi connectivity index (χ1v) is 8.91. The number of amides is 2. The summed E-state index contributed by atoms with van der Waals surface area (Å²) in [7, 11) is 4.36. The van der Waals surface area contributed by atoms with Crippen molar-refractivity contribution in [3.63, 3.8) is 0 Å². The fraction of sp³-hybridized carbons (Fsp3) is 0.882. The lowest BCUT2D eigenvalue weighted by Crippen LogP contribution is -2.66. The van der Waals surface area contributed by atoms with Gasteiger partial charge < -0.3 is 14.7 Å². The van der Waals surface area contributed by atoms with Crippen molar-refractivity contribution < 1.29 is 9.59 Å². The smallest absolute Gasteiger partial charge is 0.245 e. The number of carbonyl (C=O) groups is 2. The minimum absolute atomic E-state index is 0.120. The highest BCUT2D eigenvalue weighted by molar-refractivity contribution is 5.88. The van der Waals surface area contributed by atoms with Crippen LogP contribution in [0.5, 0.6) is 0 Å². The van der Waals surface area contributed by atoms with Crippen LogP contribution in [0.1, 0.15) is 32.6 Å². The number of piperidine rings is 1. The van der Waals surface area contributed by atoms with Gasteiger partial charge in [-0.25, -0.2) is 0 Å². The molecule has 0 N–H and O–H groups in total. The summed E-state index contributed by atoms with van der Waals surface area (Å²) >= 11 is 0. The minimum Gasteiger partial charge on any atom is -0.338 e. The van der Waals surface area contributed by atoms with Gasteiger partial charge in [0.2, 0.25) is 11.8 Å². The third-order valence-corrected chi connectivity index (χ3v) is 6.16. The minimum atomic E-state index is -0.309. The van der Waals surface area contributed by atoms with E-state index in [1.807, 2.05) is 11.8 Å². The van der Waals surface area contributed by atoms with Gasteiger partial charge in [-0.3, -0.25) is 14.5 Å². The molecule has 130 valence electrons. The van der Waals surface area contributed by atoms with Crippen molar-refractivity contribution in [2.24, 2.45) is 0 Å². The van der Waals surface area contributed by atoms with Crippen molar-refractivity contribution in [1.82, 2.24) is 19.6 Å². The molecule has 6 nitrogen and oxygen atoms in total. The van der Waals surface area contributed by atoms with Crippen LogP contribution >= 0.6 is 0 Å². The molecule has 3 rings (SSSR count). The number of likely N-dealkylation sites (N-methyl/N-ethyl adjacent to an activating group) is 1. The molecule has 1 atom stereocenters. The number of hydrogen-bond donors (Lipinski definition) is 0. The maximum Gasteiger partial charge on any atom is 0.245 e. The van der Waals surface area contributed by atoms with Crippen molar-refractivity contribution in [2.45, 2.75) is 44.2 Å². The summed E-state index contributed by atoms with van der Waals surface area (Å²) in [4.78, 5) is 33.5. The quantitative estimate of drug-likeness (QED) is 0.730. The van der Waals surface area contributed by atoms with Crippen molar-refractivity contribution >= 4 is 11.8 Å². The molecule has 3 aliphatic heterocycles. The van der Waals surface area contributed by atoms with Crippen LogP contribution in [-0.2, 0) is 9.59 Å². The van der Waals surface area contributed by atoms with E-state index in [1.54, 1.807) is 4.90 Å². The van der Waals surface area contributed by atoms with Crippen LogP contribution in [0.4, 0.5) is 0 Å². The Morgan fingerprint density at radius 1 is 1.09 bits per heavy atom. The molecular weight excluding hydrogens is 292 g/mol. The Morgan fingerprint density at radius 3 is 2.39 bits per heavy atom. The highest BCUT2D eigenvalue weighted by atomic mass is 16.2. The molecule has 6 heteroatoms. The van der Waals surface area contributed by atoms with Gasteiger partial charge in [0.05, 0.1) is 0 Å². The SMILES string of the molecule is C[C@H](C(=O)N1CCN(C)C2(CCN(C)CC2)C1)N1CCCC1=O. The second-order valence-electron chi connectivity index (χ2n) is 7.58. The molecule has 0 aromatic rings. The fourth-order valence-electron chi connectivity index (χ4n) is 4.30. The van der Waals surface area contributed by atoms with Gasteiger partial charge in [-0.2, -0.15) is 0 Å². The lowest BCUT2D eigenvalue weighted by atomic mass is 9.83. The van der Waals surface area contributed by atoms with E-state index in [9.17, 15) is 9.59 Å². The van der Waals surface area contributed by atoms with Crippen LogP contribution in [0.3, 0.4) is 0 Å². The van der Waals surface area contributed by atoms with Crippen LogP contribution in [0.2, 0.25) is 0 Å². The zero-order valence-electron chi connectivity index (χ0n) is 14.8. The van der Waals surface area contributed by atoms with Gasteiger partial charge in [0.15, 0.2) is 0 Å². The average molecular weight is 322 g/mol. The summed E-state index contributed by atoms with van der Waals surface area (Å²) in [5.74, 6) is 0.264. The summed E-state index contributed by atoms with van der Waals surface area (Å²) in [6.07, 6.45) is 3.70. The summed E-state index contributed by atoms with van der Waals surface area (Å²) < 4.78 is 0. The van der Waals surface area contributed by atoms with Gasteiger partial charge in [-0.15, -0.1) is 0 Å². The molecule has 0 unspecified atom stereocenters. The van der Waals surface area contributed by atoms with Crippen LogP contribution in [0.15, 0.2) is 0 Å². The van der Waals surface area contributed by atoms with Crippen molar-refractivity contribution in [1.29, 1.82) is 0 Å². The zero-order chi connectivity index (χ0) is 16.6. The van der Waals surface area contributed by atoms with Gasteiger partial charge in [0, 0.05) is 38.1 Å². The Bertz CT molecular complexity index is 473. The molecule has 23 heavy (non-hydrogen) atoms. The van der Waals surface area contributed by atoms with Crippen LogP contribution in [0, 0.1) is 0 Å². The van der Waals surface area contributed by atoms with E-state index in [1.165, 1.54) is 0 Å². The highest BCUT2D eigenvalue weighted by Crippen LogP contribution is 2.31. The predicted molar refractivity (Wildman–Crippen MR) is 89.1 cm³/mol. The Kier molecular flexibility index (Phi) is 4.65. The molecule has 3 fully saturated rings. The maximum absolute atomic E-state index is 12.9. The number of hydrogen-bond acceptors (Lipinski definition) is 4. The summed E-state index contributed by atoms with van der Waals surface area (Å²) in [6.45, 7) is 7.32. The number of likely N-dealkylation sites (tertiary alicyclic amines) is 2. The molecule has 0 saturated carbocycles. The summed E-state index contributed by atoms with van der Waals surface area (Å²) in [5.41, 5.74) is 0.120. The van der Waals surface area contributed by atoms with Gasteiger partial charge in [0.25, 0.3) is 0 Å². The maximum atomic E-state index is 12.9. The number of piperazine rings is 1. The van der Waals surface area contributed by atoms with Gasteiger partial charge >= 0.3 is 0 Å². The topological polar surface area (TPSA) is 47.1 Å². The van der Waals surface area contributed by atoms with Crippen LogP contribution in [-0.4, -0.2) is 96.4 Å². The third kappa shape index (κ3) is 3.11. The van der Waals surface area contributed by atoms with Crippen LogP contribution < -0.4 is 0 Å². The molecule has 1 spiro atoms. The van der Waals surface area contributed by atoms with Crippen molar-refractivity contribution in [2.75, 3.05) is 53.4 Å². The molecule has 0 aliphatic carbocycles. The first-order chi connectivity index (χ1) is 10.9. The Balaban J connectivity index is 1.68. The molecule has 0 radical (unpaired) electrons. The largest absolute Gasteiger partial charge is 0.338 e. The molecule has 0 bridgehead atoms. The number of rotatable bonds is 2. The normalized spacial score (nSPS) is 27.7. The second kappa shape index (κ2) is 6.40. The highest BCUT2D eigenvalue weighted by Gasteiger charge is 2.44. The standard InChI is InChI=1S/C17H30N4O2/c1-14(21-8-4-5-15(21)22)16(23)20-12-11-19(3)17(13-20)6-9-18(2)10-7-17/h14H,4-13H2,1-3H3/t14-/m1/s1. The van der Waals surface area contributed by atoms with E-state index in [4.69, 9.17) is 0 Å². The van der Waals surface area contributed by atoms with Crippen molar-refractivity contribution in [3.05, 3.63) is 0 Å². The second-order valence-corrected chi connectivity index (χ2v) is 7.58. The third-order valence-electron chi connectivity index (χ3n) is 6.16. The Morgan fingerprint density at radius 2 is 1.78 bits per heavy atom. The zero-order valence-corrected chi connectivity index (χ0v) is 14.8. The van der Waals surface area contributed by atoms with Gasteiger partial charge in [-0.1, -0.05) is 0 Å². The van der Waals surface area contributed by atoms with Gasteiger partial charge in [-0.05, 0) is 53.4 Å². The van der Waals surface area contributed by atoms with E-state index >= 15 is 0 Å². The Labute approximate surface area is 139 Å². The molecule has 3 aliphatic rings. The van der Waals surface area contributed by atoms with E-state index in [2.05, 4.69) is 23.9 Å². The number of nitrogens with zero attached hydrogens (tertiary/aromatic N) is 4. The lowest BCUT2D eigenvalue weighted by molar-refractivity contribution is -0.147. The molecule has 2 amide bonds. The summed E-state index contributed by atoms with van der Waals surface area (Å²) in [5, 5.41) is 0. The molecule has 3 saturated heterocycles. The first kappa shape index (κ1) is 16.7. The van der Waals surface area contributed by atoms with Crippen molar-refractivity contribution in [3.8, 4) is 0 Å². The Hall–Kier alpha value is -1.14. The average Bonchev–Trinajstić information content (AvgIpc) is 2.97. The van der Waals surface area contributed by atoms with E-state index in [-0.39, 0.29) is 23.4 Å². The predicted octanol–water partition coefficient (Wildman–Crippen LogP) is 0.236. The molecule has 0 aromatic carbocycles. The van der Waals surface area contributed by atoms with Crippen LogP contribution in [0.25, 0.3) is 0 Å². The lowest BCUT2D eigenvalue weighted by Gasteiger charge is -2.53. The van der Waals surface area contributed by atoms with E-state index < -0.39 is 0 Å². The van der Waals surface area contributed by atoms with Gasteiger partial charge in [0.1, 0.15) is 6.04 Å². The molecule has 3 heterocycles. The van der Waals surface area contributed by atoms with E-state index in [0.717, 1.165) is 58.5 Å². The number of carbonyl (C=O) groups excluding carboxylic acids is 2. The monoisotopic (exact) mass is 322 g/mol. The van der Waals surface area contributed by atoms with E-state index in [0.29, 0.717) is 6.42 Å². The fourth-order valence-corrected chi connectivity index (χ4v) is 4.30. The first-order valence-electron chi connectivity index (χ1n) is 8.91.